The van der Waals surface area contributed by atoms with Gasteiger partial charge in [-0.15, -0.1) is 11.3 Å². The Morgan fingerprint density at radius 3 is 2.52 bits per heavy atom. The first-order valence-corrected chi connectivity index (χ1v) is 13.3. The molecule has 0 saturated carbocycles. The number of halogens is 2. The van der Waals surface area contributed by atoms with E-state index >= 15 is 0 Å². The number of hydrogen-bond donors (Lipinski definition) is 2. The first-order valence-electron chi connectivity index (χ1n) is 12.4. The molecule has 1 aromatic heterocycles. The molecule has 2 saturated heterocycles. The van der Waals surface area contributed by atoms with Crippen molar-refractivity contribution in [3.05, 3.63) is 81.5 Å². The summed E-state index contributed by atoms with van der Waals surface area (Å²) in [7, 11) is 0. The molecule has 2 aliphatic rings. The lowest BCUT2D eigenvalue weighted by molar-refractivity contribution is -0.152. The van der Waals surface area contributed by atoms with Gasteiger partial charge in [0.05, 0.1) is 38.4 Å². The van der Waals surface area contributed by atoms with Crippen LogP contribution in [-0.4, -0.2) is 60.8 Å². The number of likely N-dealkylation sites (tertiary alicyclic amines) is 1. The van der Waals surface area contributed by atoms with Crippen LogP contribution in [0, 0.1) is 23.0 Å². The Bertz CT molecular complexity index is 1480. The molecule has 0 bridgehead atoms. The van der Waals surface area contributed by atoms with Crippen LogP contribution in [0.2, 0.25) is 0 Å². The number of thiophene rings is 1. The highest BCUT2D eigenvalue weighted by atomic mass is 32.1. The summed E-state index contributed by atoms with van der Waals surface area (Å²) in [4.78, 5) is 41.1. The highest BCUT2D eigenvalue weighted by Gasteiger charge is 2.52. The van der Waals surface area contributed by atoms with Crippen molar-refractivity contribution in [2.24, 2.45) is 0 Å². The number of nitrogens with one attached hydrogen (secondary N) is 2. The van der Waals surface area contributed by atoms with E-state index in [0.29, 0.717) is 24.3 Å². The van der Waals surface area contributed by atoms with Gasteiger partial charge in [-0.05, 0) is 42.0 Å². The number of rotatable bonds is 7. The molecule has 2 N–H and O–H groups in total. The minimum Gasteiger partial charge on any atom is -0.349 e. The zero-order valence-electron chi connectivity index (χ0n) is 21.1. The van der Waals surface area contributed by atoms with E-state index in [0.717, 1.165) is 23.1 Å². The maximum Gasteiger partial charge on any atom is 0.251 e. The maximum absolute atomic E-state index is 14.1. The molecule has 3 aromatic rings. The van der Waals surface area contributed by atoms with E-state index in [1.165, 1.54) is 40.5 Å². The average molecular weight is 567 g/mol. The molecule has 1 spiro atoms. The van der Waals surface area contributed by atoms with Crippen LogP contribution < -0.4 is 10.6 Å². The number of ether oxygens (including phenoxy) is 2. The van der Waals surface area contributed by atoms with Crippen molar-refractivity contribution in [2.75, 3.05) is 26.3 Å². The molecule has 9 nitrogen and oxygen atoms in total. The van der Waals surface area contributed by atoms with E-state index in [1.54, 1.807) is 11.4 Å². The van der Waals surface area contributed by atoms with Crippen molar-refractivity contribution in [2.45, 2.75) is 24.8 Å². The Kier molecular flexibility index (Phi) is 7.88. The van der Waals surface area contributed by atoms with E-state index in [4.69, 9.17) is 14.7 Å². The fourth-order valence-electron chi connectivity index (χ4n) is 4.74. The van der Waals surface area contributed by atoms with Crippen LogP contribution in [0.5, 0.6) is 0 Å². The minimum absolute atomic E-state index is 0.0330. The molecule has 3 heterocycles. The summed E-state index contributed by atoms with van der Waals surface area (Å²) in [5.74, 6) is -3.70. The van der Waals surface area contributed by atoms with Crippen molar-refractivity contribution < 1.29 is 32.6 Å². The van der Waals surface area contributed by atoms with Crippen LogP contribution in [0.4, 0.5) is 8.78 Å². The van der Waals surface area contributed by atoms with Gasteiger partial charge in [0, 0.05) is 27.8 Å². The van der Waals surface area contributed by atoms with Gasteiger partial charge in [0.15, 0.2) is 5.79 Å². The second kappa shape index (κ2) is 11.5. The molecule has 0 radical (unpaired) electrons. The van der Waals surface area contributed by atoms with Gasteiger partial charge in [0.2, 0.25) is 11.8 Å². The molecule has 0 unspecified atom stereocenters. The monoisotopic (exact) mass is 566 g/mol. The topological polar surface area (TPSA) is 121 Å². The molecule has 2 aromatic carbocycles. The van der Waals surface area contributed by atoms with Crippen molar-refractivity contribution >= 4 is 29.1 Å². The molecular weight excluding hydrogens is 542 g/mol. The van der Waals surface area contributed by atoms with E-state index in [1.807, 2.05) is 6.07 Å². The van der Waals surface area contributed by atoms with E-state index in [9.17, 15) is 23.2 Å². The molecule has 0 aliphatic carbocycles. The quantitative estimate of drug-likeness (QED) is 0.454. The number of nitriles is 1. The van der Waals surface area contributed by atoms with Gasteiger partial charge in [-0.25, -0.2) is 8.78 Å². The van der Waals surface area contributed by atoms with Gasteiger partial charge in [-0.2, -0.15) is 5.26 Å². The van der Waals surface area contributed by atoms with Gasteiger partial charge in [0.25, 0.3) is 5.91 Å². The molecule has 12 heteroatoms. The standard InChI is InChI=1S/C28H24F2N4O5S/c29-20-5-6-23(30)22(10-20)18-1-3-19(4-2-18)26(36)33-14-25(35)34-16-28(38-7-8-39-28)11-24(34)27(37)32-13-21-9-17(12-31)15-40-21/h1-6,9-10,15,24H,7-8,11,13-14,16H2,(H,32,37)(H,33,36)/t24-/m0/s1. The first kappa shape index (κ1) is 27.4. The number of benzene rings is 2. The van der Waals surface area contributed by atoms with Gasteiger partial charge in [-0.3, -0.25) is 14.4 Å². The van der Waals surface area contributed by atoms with E-state index < -0.39 is 41.2 Å². The Morgan fingerprint density at radius 2 is 1.82 bits per heavy atom. The van der Waals surface area contributed by atoms with Gasteiger partial charge < -0.3 is 25.0 Å². The van der Waals surface area contributed by atoms with Crippen molar-refractivity contribution in [3.63, 3.8) is 0 Å². The zero-order valence-corrected chi connectivity index (χ0v) is 21.9. The molecule has 1 atom stereocenters. The molecule has 5 rings (SSSR count). The van der Waals surface area contributed by atoms with Crippen LogP contribution in [0.1, 0.15) is 27.2 Å². The summed E-state index contributed by atoms with van der Waals surface area (Å²) >= 11 is 1.34. The number of amides is 3. The zero-order chi connectivity index (χ0) is 28.3. The third-order valence-corrected chi connectivity index (χ3v) is 7.67. The smallest absolute Gasteiger partial charge is 0.251 e. The summed E-state index contributed by atoms with van der Waals surface area (Å²) in [6.45, 7) is 0.537. The number of nitrogens with zero attached hydrogens (tertiary/aromatic N) is 2. The van der Waals surface area contributed by atoms with Crippen LogP contribution in [0.15, 0.2) is 53.9 Å². The molecule has 206 valence electrons. The van der Waals surface area contributed by atoms with Gasteiger partial charge in [0.1, 0.15) is 23.7 Å². The van der Waals surface area contributed by atoms with Crippen molar-refractivity contribution in [1.29, 1.82) is 5.26 Å². The largest absolute Gasteiger partial charge is 0.349 e. The van der Waals surface area contributed by atoms with Crippen LogP contribution in [-0.2, 0) is 25.6 Å². The van der Waals surface area contributed by atoms with Crippen LogP contribution in [0.25, 0.3) is 11.1 Å². The van der Waals surface area contributed by atoms with Crippen LogP contribution >= 0.6 is 11.3 Å². The lowest BCUT2D eigenvalue weighted by Crippen LogP contribution is -2.49. The van der Waals surface area contributed by atoms with Gasteiger partial charge >= 0.3 is 0 Å². The summed E-state index contributed by atoms with van der Waals surface area (Å²) in [5, 5.41) is 16.0. The van der Waals surface area contributed by atoms with Crippen molar-refractivity contribution in [1.82, 2.24) is 15.5 Å². The Morgan fingerprint density at radius 1 is 1.07 bits per heavy atom. The SMILES string of the molecule is N#Cc1csc(CNC(=O)[C@@H]2CC3(CN2C(=O)CNC(=O)c2ccc(-c4cc(F)ccc4F)cc2)OCCO3)c1. The molecule has 2 aliphatic heterocycles. The van der Waals surface area contributed by atoms with Crippen molar-refractivity contribution in [3.8, 4) is 17.2 Å². The summed E-state index contributed by atoms with van der Waals surface area (Å²) < 4.78 is 39.1. The third kappa shape index (κ3) is 5.86. The number of carbonyl (C=O) groups is 3. The highest BCUT2D eigenvalue weighted by Crippen LogP contribution is 2.35. The molecule has 40 heavy (non-hydrogen) atoms. The second-order valence-corrected chi connectivity index (χ2v) is 10.4. The van der Waals surface area contributed by atoms with Gasteiger partial charge in [-0.1, -0.05) is 12.1 Å². The predicted octanol–water partition coefficient (Wildman–Crippen LogP) is 2.96. The van der Waals surface area contributed by atoms with E-state index in [2.05, 4.69) is 10.6 Å². The third-order valence-electron chi connectivity index (χ3n) is 6.73. The maximum atomic E-state index is 14.1. The first-order chi connectivity index (χ1) is 19.3. The number of hydrogen-bond acceptors (Lipinski definition) is 7. The fourth-order valence-corrected chi connectivity index (χ4v) is 5.49. The lowest BCUT2D eigenvalue weighted by atomic mass is 10.0. The Hall–Kier alpha value is -4.18. The minimum atomic E-state index is -1.08. The molecular formula is C28H24F2N4O5S. The average Bonchev–Trinajstić information content (AvgIpc) is 3.72. The predicted molar refractivity (Wildman–Crippen MR) is 140 cm³/mol. The summed E-state index contributed by atoms with van der Waals surface area (Å²) in [6, 6.07) is 11.8. The Balaban J connectivity index is 1.22. The fraction of sp³-hybridized carbons (Fsp3) is 0.286. The normalized spacial score (nSPS) is 17.5. The van der Waals surface area contributed by atoms with Crippen LogP contribution in [0.3, 0.4) is 0 Å². The van der Waals surface area contributed by atoms with E-state index in [-0.39, 0.29) is 37.2 Å². The Labute approximate surface area is 232 Å². The summed E-state index contributed by atoms with van der Waals surface area (Å²) in [6.07, 6.45) is 0.143. The number of carbonyl (C=O) groups excluding carboxylic acids is 3. The second-order valence-electron chi connectivity index (χ2n) is 9.36. The summed E-state index contributed by atoms with van der Waals surface area (Å²) in [5.41, 5.74) is 1.18. The lowest BCUT2D eigenvalue weighted by Gasteiger charge is -2.24. The molecule has 2 fully saturated rings. The molecule has 3 amide bonds. The highest BCUT2D eigenvalue weighted by molar-refractivity contribution is 7.10.